The monoisotopic (exact) mass is 438 g/mol. The summed E-state index contributed by atoms with van der Waals surface area (Å²) in [5, 5.41) is 13.0. The van der Waals surface area contributed by atoms with Crippen LogP contribution in [0.4, 0.5) is 13.6 Å². The predicted molar refractivity (Wildman–Crippen MR) is 101 cm³/mol. The summed E-state index contributed by atoms with van der Waals surface area (Å²) >= 11 is 3.11. The van der Waals surface area contributed by atoms with E-state index in [1.165, 1.54) is 29.0 Å². The molecule has 27 heavy (non-hydrogen) atoms. The van der Waals surface area contributed by atoms with Gasteiger partial charge in [-0.25, -0.2) is 13.6 Å². The number of rotatable bonds is 5. The van der Waals surface area contributed by atoms with E-state index in [-0.39, 0.29) is 0 Å². The third-order valence-corrected chi connectivity index (χ3v) is 4.65. The summed E-state index contributed by atoms with van der Waals surface area (Å²) in [6, 6.07) is 7.04. The zero-order valence-electron chi connectivity index (χ0n) is 14.4. The lowest BCUT2D eigenvalue weighted by molar-refractivity contribution is 0.218. The number of carbonyl (C=O) groups is 1. The third-order valence-electron chi connectivity index (χ3n) is 4.04. The lowest BCUT2D eigenvalue weighted by Crippen LogP contribution is -2.34. The molecule has 0 aliphatic carbocycles. The van der Waals surface area contributed by atoms with Crippen molar-refractivity contribution in [2.45, 2.75) is 13.0 Å². The van der Waals surface area contributed by atoms with Crippen LogP contribution in [0.25, 0.3) is 10.9 Å². The van der Waals surface area contributed by atoms with Crippen LogP contribution in [0.2, 0.25) is 0 Å². The Hall–Kier alpha value is -2.45. The van der Waals surface area contributed by atoms with E-state index < -0.39 is 30.3 Å². The summed E-state index contributed by atoms with van der Waals surface area (Å²) in [4.78, 5) is 12.6. The summed E-state index contributed by atoms with van der Waals surface area (Å²) in [6.45, 7) is 1.68. The van der Waals surface area contributed by atoms with Crippen LogP contribution in [-0.2, 0) is 0 Å². The molecule has 0 bridgehead atoms. The second-order valence-corrected chi connectivity index (χ2v) is 6.70. The van der Waals surface area contributed by atoms with Crippen molar-refractivity contribution < 1.29 is 23.4 Å². The highest BCUT2D eigenvalue weighted by atomic mass is 79.9. The first kappa shape index (κ1) is 19.3. The van der Waals surface area contributed by atoms with Crippen LogP contribution in [0.1, 0.15) is 18.5 Å². The molecule has 2 aromatic carbocycles. The molecule has 0 spiro atoms. The molecule has 3 aromatic rings. The first-order valence-electron chi connectivity index (χ1n) is 8.24. The number of aliphatic hydroxyl groups excluding tert-OH is 1. The number of nitrogens with zero attached hydrogens (tertiary/aromatic N) is 1. The van der Waals surface area contributed by atoms with Crippen molar-refractivity contribution in [3.8, 4) is 5.75 Å². The maximum absolute atomic E-state index is 13.8. The molecular formula is C19H17BrF2N2O3. The minimum absolute atomic E-state index is 0.296. The molecule has 0 aliphatic rings. The lowest BCUT2D eigenvalue weighted by atomic mass is 10.1. The molecule has 1 amide bonds. The molecule has 8 heteroatoms. The van der Waals surface area contributed by atoms with Crippen LogP contribution in [0.5, 0.6) is 5.75 Å². The summed E-state index contributed by atoms with van der Waals surface area (Å²) < 4.78 is 34.5. The quantitative estimate of drug-likeness (QED) is 0.621. The second kappa shape index (κ2) is 8.06. The highest BCUT2D eigenvalue weighted by Crippen LogP contribution is 2.25. The van der Waals surface area contributed by atoms with Crippen molar-refractivity contribution in [1.82, 2.24) is 9.88 Å². The third kappa shape index (κ3) is 4.12. The molecule has 0 saturated carbocycles. The van der Waals surface area contributed by atoms with Crippen molar-refractivity contribution in [2.75, 3.05) is 13.2 Å². The maximum Gasteiger partial charge on any atom is 0.326 e. The topological polar surface area (TPSA) is 63.5 Å². The largest absolute Gasteiger partial charge is 0.494 e. The highest BCUT2D eigenvalue weighted by Gasteiger charge is 2.18. The summed E-state index contributed by atoms with van der Waals surface area (Å²) in [5.41, 5.74) is 0.735. The number of ether oxygens (including phenoxy) is 1. The molecular weight excluding hydrogens is 422 g/mol. The van der Waals surface area contributed by atoms with Crippen molar-refractivity contribution in [1.29, 1.82) is 0 Å². The molecule has 0 fully saturated rings. The number of halogens is 3. The van der Waals surface area contributed by atoms with Crippen molar-refractivity contribution in [2.24, 2.45) is 0 Å². The van der Waals surface area contributed by atoms with E-state index in [4.69, 9.17) is 4.74 Å². The van der Waals surface area contributed by atoms with E-state index in [1.807, 2.05) is 0 Å². The van der Waals surface area contributed by atoms with E-state index >= 15 is 0 Å². The van der Waals surface area contributed by atoms with Gasteiger partial charge in [-0.15, -0.1) is 0 Å². The molecule has 0 aliphatic heterocycles. The number of aromatic nitrogens is 1. The van der Waals surface area contributed by atoms with Gasteiger partial charge in [0.2, 0.25) is 0 Å². The van der Waals surface area contributed by atoms with Gasteiger partial charge in [-0.2, -0.15) is 0 Å². The average Bonchev–Trinajstić information content (AvgIpc) is 3.02. The van der Waals surface area contributed by atoms with Gasteiger partial charge in [0.05, 0.1) is 29.2 Å². The van der Waals surface area contributed by atoms with E-state index in [9.17, 15) is 18.7 Å². The Morgan fingerprint density at radius 3 is 2.78 bits per heavy atom. The van der Waals surface area contributed by atoms with Crippen LogP contribution in [0, 0.1) is 11.6 Å². The van der Waals surface area contributed by atoms with Crippen LogP contribution in [-0.4, -0.2) is 28.9 Å². The van der Waals surface area contributed by atoms with Gasteiger partial charge in [0.15, 0.2) is 0 Å². The molecule has 3 rings (SSSR count). The fourth-order valence-electron chi connectivity index (χ4n) is 2.79. The van der Waals surface area contributed by atoms with Gasteiger partial charge in [0, 0.05) is 17.6 Å². The summed E-state index contributed by atoms with van der Waals surface area (Å²) in [6.07, 6.45) is 1.50. The standard InChI is InChI=1S/C19H17BrF2N2O3/c1-2-27-14-6-12(5-13(21)8-14)17(10-25)23-19(26)24-4-3-11-7-15(20)16(22)9-18(11)24/h3-9,17,25H,2,10H2,1H3,(H,23,26). The normalized spacial score (nSPS) is 12.2. The van der Waals surface area contributed by atoms with Gasteiger partial charge in [-0.3, -0.25) is 4.57 Å². The van der Waals surface area contributed by atoms with Crippen LogP contribution < -0.4 is 10.1 Å². The second-order valence-electron chi connectivity index (χ2n) is 5.85. The zero-order chi connectivity index (χ0) is 19.6. The van der Waals surface area contributed by atoms with Crippen molar-refractivity contribution >= 4 is 32.9 Å². The smallest absolute Gasteiger partial charge is 0.326 e. The molecule has 1 aromatic heterocycles. The Morgan fingerprint density at radius 2 is 2.07 bits per heavy atom. The average molecular weight is 439 g/mol. The number of hydrogen-bond acceptors (Lipinski definition) is 3. The number of benzene rings is 2. The summed E-state index contributed by atoms with van der Waals surface area (Å²) in [5.74, 6) is -0.735. The van der Waals surface area contributed by atoms with E-state index in [1.54, 1.807) is 25.1 Å². The lowest BCUT2D eigenvalue weighted by Gasteiger charge is -2.18. The van der Waals surface area contributed by atoms with E-state index in [0.29, 0.717) is 33.3 Å². The molecule has 5 nitrogen and oxygen atoms in total. The van der Waals surface area contributed by atoms with Crippen LogP contribution in [0.15, 0.2) is 47.1 Å². The van der Waals surface area contributed by atoms with Gasteiger partial charge in [-0.1, -0.05) is 0 Å². The Balaban J connectivity index is 1.89. The first-order valence-corrected chi connectivity index (χ1v) is 9.03. The van der Waals surface area contributed by atoms with Gasteiger partial charge >= 0.3 is 6.03 Å². The highest BCUT2D eigenvalue weighted by molar-refractivity contribution is 9.10. The Labute approximate surface area is 162 Å². The molecule has 2 N–H and O–H groups in total. The molecule has 0 saturated heterocycles. The van der Waals surface area contributed by atoms with Gasteiger partial charge < -0.3 is 15.2 Å². The molecule has 142 valence electrons. The van der Waals surface area contributed by atoms with E-state index in [0.717, 1.165) is 0 Å². The number of fused-ring (bicyclic) bond motifs is 1. The predicted octanol–water partition coefficient (Wildman–Crippen LogP) is 4.37. The Bertz CT molecular complexity index is 990. The molecule has 1 heterocycles. The molecule has 0 radical (unpaired) electrons. The number of carbonyl (C=O) groups excluding carboxylic acids is 1. The number of aliphatic hydroxyl groups is 1. The SMILES string of the molecule is CCOc1cc(F)cc(C(CO)NC(=O)n2ccc3cc(Br)c(F)cc32)c1. The zero-order valence-corrected chi connectivity index (χ0v) is 16.0. The van der Waals surface area contributed by atoms with Gasteiger partial charge in [-0.05, 0) is 58.7 Å². The minimum Gasteiger partial charge on any atom is -0.494 e. The van der Waals surface area contributed by atoms with Gasteiger partial charge in [0.1, 0.15) is 17.4 Å². The van der Waals surface area contributed by atoms with Crippen LogP contribution in [0.3, 0.4) is 0 Å². The van der Waals surface area contributed by atoms with Gasteiger partial charge in [0.25, 0.3) is 0 Å². The number of nitrogens with one attached hydrogen (secondary N) is 1. The van der Waals surface area contributed by atoms with E-state index in [2.05, 4.69) is 21.2 Å². The number of hydrogen-bond donors (Lipinski definition) is 2. The fourth-order valence-corrected chi connectivity index (χ4v) is 3.16. The van der Waals surface area contributed by atoms with Crippen molar-refractivity contribution in [3.05, 3.63) is 64.3 Å². The van der Waals surface area contributed by atoms with Crippen LogP contribution >= 0.6 is 15.9 Å². The summed E-state index contributed by atoms with van der Waals surface area (Å²) in [7, 11) is 0. The van der Waals surface area contributed by atoms with Crippen molar-refractivity contribution in [3.63, 3.8) is 0 Å². The molecule has 1 unspecified atom stereocenters. The number of amides is 1. The Morgan fingerprint density at radius 1 is 1.30 bits per heavy atom. The minimum atomic E-state index is -0.856. The first-order chi connectivity index (χ1) is 12.9. The fraction of sp³-hybridized carbons (Fsp3) is 0.211. The maximum atomic E-state index is 13.8. The Kier molecular flexibility index (Phi) is 5.76. The molecule has 1 atom stereocenters.